The monoisotopic (exact) mass is 394 g/mol. The maximum absolute atomic E-state index is 11.8. The zero-order chi connectivity index (χ0) is 20.8. The second kappa shape index (κ2) is 9.23. The molecule has 0 unspecified atom stereocenters. The van der Waals surface area contributed by atoms with Gasteiger partial charge in [-0.15, -0.1) is 5.10 Å². The van der Waals surface area contributed by atoms with Crippen LogP contribution in [0, 0.1) is 5.92 Å². The first-order valence-electron chi connectivity index (χ1n) is 9.64. The largest absolute Gasteiger partial charge is 0.497 e. The Labute approximate surface area is 170 Å². The van der Waals surface area contributed by atoms with Gasteiger partial charge in [0.25, 0.3) is 0 Å². The van der Waals surface area contributed by atoms with Crippen LogP contribution in [-0.4, -0.2) is 34.4 Å². The van der Waals surface area contributed by atoms with Crippen molar-refractivity contribution >= 4 is 11.6 Å². The van der Waals surface area contributed by atoms with Crippen LogP contribution in [0.2, 0.25) is 0 Å². The summed E-state index contributed by atoms with van der Waals surface area (Å²) in [6, 6.07) is 15.4. The zero-order valence-corrected chi connectivity index (χ0v) is 17.2. The van der Waals surface area contributed by atoms with Crippen LogP contribution in [0.5, 0.6) is 11.8 Å². The second-order valence-electron chi connectivity index (χ2n) is 7.02. The van der Waals surface area contributed by atoms with E-state index in [-0.39, 0.29) is 5.91 Å². The third-order valence-electron chi connectivity index (χ3n) is 4.16. The Kier molecular flexibility index (Phi) is 6.49. The highest BCUT2D eigenvalue weighted by Crippen LogP contribution is 2.27. The molecular formula is C22H26N4O3. The molecule has 0 aliphatic rings. The highest BCUT2D eigenvalue weighted by molar-refractivity contribution is 5.90. The number of hydrogen-bond acceptors (Lipinski definition) is 5. The van der Waals surface area contributed by atoms with Crippen molar-refractivity contribution in [2.45, 2.75) is 27.2 Å². The Morgan fingerprint density at radius 3 is 2.69 bits per heavy atom. The SMILES string of the molecule is CCC(=O)Nc1cccc(-n2nc(OCC(C)C)nc2-c2cccc(OC)c2)c1. The summed E-state index contributed by atoms with van der Waals surface area (Å²) < 4.78 is 12.8. The number of hydrogen-bond donors (Lipinski definition) is 1. The Balaban J connectivity index is 2.04. The van der Waals surface area contributed by atoms with Gasteiger partial charge < -0.3 is 14.8 Å². The lowest BCUT2D eigenvalue weighted by atomic mass is 10.2. The molecule has 0 fully saturated rings. The van der Waals surface area contributed by atoms with E-state index in [1.54, 1.807) is 11.8 Å². The van der Waals surface area contributed by atoms with Crippen molar-refractivity contribution in [3.05, 3.63) is 48.5 Å². The fraction of sp³-hybridized carbons (Fsp3) is 0.318. The van der Waals surface area contributed by atoms with E-state index in [4.69, 9.17) is 9.47 Å². The van der Waals surface area contributed by atoms with E-state index in [1.165, 1.54) is 0 Å². The molecule has 1 aromatic heterocycles. The topological polar surface area (TPSA) is 78.3 Å². The Hall–Kier alpha value is -3.35. The molecule has 0 radical (unpaired) electrons. The molecule has 0 saturated heterocycles. The van der Waals surface area contributed by atoms with Gasteiger partial charge in [0.1, 0.15) is 5.75 Å². The molecule has 0 spiro atoms. The third kappa shape index (κ3) is 5.13. The first-order chi connectivity index (χ1) is 14.0. The number of aromatic nitrogens is 3. The number of carbonyl (C=O) groups is 1. The number of benzene rings is 2. The maximum Gasteiger partial charge on any atom is 0.336 e. The highest BCUT2D eigenvalue weighted by atomic mass is 16.5. The van der Waals surface area contributed by atoms with Crippen LogP contribution >= 0.6 is 0 Å². The maximum atomic E-state index is 11.8. The van der Waals surface area contributed by atoms with Crippen LogP contribution in [0.3, 0.4) is 0 Å². The molecule has 1 amide bonds. The van der Waals surface area contributed by atoms with E-state index in [0.29, 0.717) is 36.5 Å². The minimum atomic E-state index is -0.0466. The van der Waals surface area contributed by atoms with Gasteiger partial charge in [-0.05, 0) is 36.2 Å². The first-order valence-corrected chi connectivity index (χ1v) is 9.64. The summed E-state index contributed by atoms with van der Waals surface area (Å²) in [4.78, 5) is 16.4. The van der Waals surface area contributed by atoms with Gasteiger partial charge in [0.05, 0.1) is 19.4 Å². The smallest absolute Gasteiger partial charge is 0.336 e. The zero-order valence-electron chi connectivity index (χ0n) is 17.2. The van der Waals surface area contributed by atoms with Crippen molar-refractivity contribution in [2.24, 2.45) is 5.92 Å². The summed E-state index contributed by atoms with van der Waals surface area (Å²) in [7, 11) is 1.63. The van der Waals surface area contributed by atoms with Gasteiger partial charge in [0.2, 0.25) is 5.91 Å². The normalized spacial score (nSPS) is 10.8. The fourth-order valence-electron chi connectivity index (χ4n) is 2.69. The van der Waals surface area contributed by atoms with Crippen molar-refractivity contribution in [1.29, 1.82) is 0 Å². The highest BCUT2D eigenvalue weighted by Gasteiger charge is 2.16. The minimum absolute atomic E-state index is 0.0466. The summed E-state index contributed by atoms with van der Waals surface area (Å²) in [6.07, 6.45) is 0.413. The standard InChI is InChI=1S/C22H26N4O3/c1-5-20(27)23-17-9-7-10-18(13-17)26-21(16-8-6-11-19(12-16)28-4)24-22(25-26)29-14-15(2)3/h6-13,15H,5,14H2,1-4H3,(H,23,27). The van der Waals surface area contributed by atoms with E-state index in [2.05, 4.69) is 29.2 Å². The average Bonchev–Trinajstić information content (AvgIpc) is 3.17. The molecular weight excluding hydrogens is 368 g/mol. The lowest BCUT2D eigenvalue weighted by Crippen LogP contribution is -2.10. The van der Waals surface area contributed by atoms with Crippen LogP contribution in [0.4, 0.5) is 5.69 Å². The van der Waals surface area contributed by atoms with Crippen molar-refractivity contribution < 1.29 is 14.3 Å². The molecule has 3 aromatic rings. The van der Waals surface area contributed by atoms with Gasteiger partial charge in [0, 0.05) is 17.7 Å². The number of anilines is 1. The molecule has 7 heteroatoms. The van der Waals surface area contributed by atoms with E-state index < -0.39 is 0 Å². The van der Waals surface area contributed by atoms with Crippen LogP contribution in [0.15, 0.2) is 48.5 Å². The molecule has 1 heterocycles. The van der Waals surface area contributed by atoms with Crippen molar-refractivity contribution in [1.82, 2.24) is 14.8 Å². The summed E-state index contributed by atoms with van der Waals surface area (Å²) in [5.41, 5.74) is 2.31. The first kappa shape index (κ1) is 20.4. The fourth-order valence-corrected chi connectivity index (χ4v) is 2.69. The molecule has 0 aliphatic carbocycles. The molecule has 2 aromatic carbocycles. The van der Waals surface area contributed by atoms with Gasteiger partial charge in [-0.1, -0.05) is 39.0 Å². The van der Waals surface area contributed by atoms with Crippen LogP contribution in [0.25, 0.3) is 17.1 Å². The lowest BCUT2D eigenvalue weighted by Gasteiger charge is -2.09. The predicted molar refractivity (Wildman–Crippen MR) is 113 cm³/mol. The van der Waals surface area contributed by atoms with Gasteiger partial charge in [-0.2, -0.15) is 4.98 Å². The van der Waals surface area contributed by atoms with Gasteiger partial charge in [-0.3, -0.25) is 4.79 Å². The second-order valence-corrected chi connectivity index (χ2v) is 7.02. The van der Waals surface area contributed by atoms with E-state index in [1.807, 2.05) is 55.5 Å². The number of ether oxygens (including phenoxy) is 2. The Bertz CT molecular complexity index is 982. The molecule has 7 nitrogen and oxygen atoms in total. The molecule has 3 rings (SSSR count). The predicted octanol–water partition coefficient (Wildman–Crippen LogP) is 4.33. The number of carbonyl (C=O) groups excluding carboxylic acids is 1. The summed E-state index contributed by atoms with van der Waals surface area (Å²) in [6.45, 7) is 6.48. The number of nitrogens with one attached hydrogen (secondary N) is 1. The quantitative estimate of drug-likeness (QED) is 0.615. The van der Waals surface area contributed by atoms with Gasteiger partial charge in [0.15, 0.2) is 5.82 Å². The lowest BCUT2D eigenvalue weighted by molar-refractivity contribution is -0.115. The molecule has 29 heavy (non-hydrogen) atoms. The van der Waals surface area contributed by atoms with Gasteiger partial charge in [-0.25, -0.2) is 4.68 Å². The summed E-state index contributed by atoms with van der Waals surface area (Å²) in [5.74, 6) is 1.66. The van der Waals surface area contributed by atoms with Crippen LogP contribution < -0.4 is 14.8 Å². The average molecular weight is 394 g/mol. The van der Waals surface area contributed by atoms with Crippen molar-refractivity contribution in [3.63, 3.8) is 0 Å². The van der Waals surface area contributed by atoms with Crippen LogP contribution in [0.1, 0.15) is 27.2 Å². The molecule has 0 atom stereocenters. The number of methoxy groups -OCH3 is 1. The van der Waals surface area contributed by atoms with E-state index in [0.717, 1.165) is 17.0 Å². The Morgan fingerprint density at radius 2 is 1.97 bits per heavy atom. The number of nitrogens with zero attached hydrogens (tertiary/aromatic N) is 3. The molecule has 0 saturated carbocycles. The number of amides is 1. The Morgan fingerprint density at radius 1 is 1.17 bits per heavy atom. The third-order valence-corrected chi connectivity index (χ3v) is 4.16. The van der Waals surface area contributed by atoms with Gasteiger partial charge >= 0.3 is 6.01 Å². The number of rotatable bonds is 8. The molecule has 0 aliphatic heterocycles. The van der Waals surface area contributed by atoms with Crippen molar-refractivity contribution in [2.75, 3.05) is 19.0 Å². The summed E-state index contributed by atoms with van der Waals surface area (Å²) >= 11 is 0. The summed E-state index contributed by atoms with van der Waals surface area (Å²) in [5, 5.41) is 7.43. The van der Waals surface area contributed by atoms with Crippen molar-refractivity contribution in [3.8, 4) is 28.8 Å². The van der Waals surface area contributed by atoms with E-state index in [9.17, 15) is 4.79 Å². The van der Waals surface area contributed by atoms with Crippen LogP contribution in [-0.2, 0) is 4.79 Å². The molecule has 152 valence electrons. The minimum Gasteiger partial charge on any atom is -0.497 e. The molecule has 1 N–H and O–H groups in total. The molecule has 0 bridgehead atoms. The van der Waals surface area contributed by atoms with E-state index >= 15 is 0 Å².